The standard InChI is InChI=1S/C9H9FO2S.Na/c1-2-12-9(11)7-4-3-6(13)5-8(7)10;/h3-5,13H,2H2,1H3;/q;+1/p-1. The number of hydrogen-bond donors (Lipinski definition) is 0. The fraction of sp³-hybridized carbons (Fsp3) is 0.222. The molecule has 1 aromatic rings. The molecule has 0 bridgehead atoms. The summed E-state index contributed by atoms with van der Waals surface area (Å²) in [6.07, 6.45) is 0. The topological polar surface area (TPSA) is 26.3 Å². The van der Waals surface area contributed by atoms with Crippen molar-refractivity contribution in [1.29, 1.82) is 0 Å². The first-order chi connectivity index (χ1) is 6.15. The summed E-state index contributed by atoms with van der Waals surface area (Å²) in [7, 11) is 0. The Hall–Kier alpha value is -0.160. The molecule has 0 aliphatic rings. The van der Waals surface area contributed by atoms with Gasteiger partial charge in [0, 0.05) is 0 Å². The zero-order chi connectivity index (χ0) is 9.84. The van der Waals surface area contributed by atoms with E-state index in [2.05, 4.69) is 4.74 Å². The SMILES string of the molecule is CCOC(=O)c1ccc([S-])cc1F.[Na+]. The number of carbonyl (C=O) groups excluding carboxylic acids is 1. The summed E-state index contributed by atoms with van der Waals surface area (Å²) in [6, 6.07) is 3.95. The molecule has 1 aromatic carbocycles. The molecule has 0 aliphatic carbocycles. The monoisotopic (exact) mass is 222 g/mol. The second-order valence-electron chi connectivity index (χ2n) is 2.36. The van der Waals surface area contributed by atoms with Gasteiger partial charge in [-0.3, -0.25) is 0 Å². The van der Waals surface area contributed by atoms with Crippen LogP contribution in [0, 0.1) is 5.82 Å². The van der Waals surface area contributed by atoms with Crippen LogP contribution in [-0.2, 0) is 17.4 Å². The summed E-state index contributed by atoms with van der Waals surface area (Å²) in [4.78, 5) is 11.4. The molecule has 0 radical (unpaired) electrons. The number of hydrogen-bond acceptors (Lipinski definition) is 3. The van der Waals surface area contributed by atoms with Gasteiger partial charge in [-0.15, -0.1) is 0 Å². The predicted octanol–water partition coefficient (Wildman–Crippen LogP) is -1.09. The second-order valence-corrected chi connectivity index (χ2v) is 2.83. The van der Waals surface area contributed by atoms with Crippen LogP contribution in [-0.4, -0.2) is 12.6 Å². The zero-order valence-corrected chi connectivity index (χ0v) is 10.9. The largest absolute Gasteiger partial charge is 1.00 e. The molecule has 1 rings (SSSR count). The van der Waals surface area contributed by atoms with Crippen molar-refractivity contribution in [1.82, 2.24) is 0 Å². The second kappa shape index (κ2) is 6.35. The van der Waals surface area contributed by atoms with E-state index in [0.29, 0.717) is 4.90 Å². The number of halogens is 1. The van der Waals surface area contributed by atoms with Crippen molar-refractivity contribution >= 4 is 18.6 Å². The molecule has 0 saturated carbocycles. The number of benzene rings is 1. The summed E-state index contributed by atoms with van der Waals surface area (Å²) in [5.74, 6) is -1.29. The quantitative estimate of drug-likeness (QED) is 0.361. The van der Waals surface area contributed by atoms with Crippen LogP contribution >= 0.6 is 0 Å². The van der Waals surface area contributed by atoms with Gasteiger partial charge in [0.05, 0.1) is 12.2 Å². The van der Waals surface area contributed by atoms with Crippen molar-refractivity contribution in [3.63, 3.8) is 0 Å². The van der Waals surface area contributed by atoms with Crippen LogP contribution in [0.3, 0.4) is 0 Å². The third kappa shape index (κ3) is 3.53. The molecule has 0 aliphatic heterocycles. The molecule has 70 valence electrons. The Bertz CT molecular complexity index is 331. The molecule has 2 nitrogen and oxygen atoms in total. The number of carbonyl (C=O) groups is 1. The number of rotatable bonds is 2. The summed E-state index contributed by atoms with van der Waals surface area (Å²) in [5, 5.41) is 0. The third-order valence-electron chi connectivity index (χ3n) is 1.44. The van der Waals surface area contributed by atoms with Gasteiger partial charge in [0.15, 0.2) is 0 Å². The van der Waals surface area contributed by atoms with Gasteiger partial charge in [0.25, 0.3) is 0 Å². The van der Waals surface area contributed by atoms with Crippen molar-refractivity contribution < 1.29 is 43.5 Å². The van der Waals surface area contributed by atoms with Crippen LogP contribution in [0.15, 0.2) is 23.1 Å². The molecule has 0 fully saturated rings. The number of ether oxygens (including phenoxy) is 1. The van der Waals surface area contributed by atoms with Crippen LogP contribution < -0.4 is 29.6 Å². The minimum absolute atomic E-state index is 0. The molecule has 5 heteroatoms. The van der Waals surface area contributed by atoms with Crippen molar-refractivity contribution in [2.24, 2.45) is 0 Å². The van der Waals surface area contributed by atoms with E-state index in [-0.39, 0.29) is 41.7 Å². The van der Waals surface area contributed by atoms with Gasteiger partial charge in [-0.1, -0.05) is 6.07 Å². The Morgan fingerprint density at radius 2 is 2.21 bits per heavy atom. The number of esters is 1. The van der Waals surface area contributed by atoms with E-state index >= 15 is 0 Å². The maximum absolute atomic E-state index is 13.1. The normalized spacial score (nSPS) is 9.00. The van der Waals surface area contributed by atoms with E-state index in [0.717, 1.165) is 6.07 Å². The van der Waals surface area contributed by atoms with Crippen molar-refractivity contribution in [2.75, 3.05) is 6.61 Å². The van der Waals surface area contributed by atoms with Crippen LogP contribution in [0.25, 0.3) is 0 Å². The van der Waals surface area contributed by atoms with Crippen LogP contribution in [0.1, 0.15) is 17.3 Å². The van der Waals surface area contributed by atoms with Gasteiger partial charge in [-0.05, 0) is 19.1 Å². The van der Waals surface area contributed by atoms with E-state index in [1.54, 1.807) is 6.92 Å². The summed E-state index contributed by atoms with van der Waals surface area (Å²) >= 11 is 4.72. The average molecular weight is 222 g/mol. The van der Waals surface area contributed by atoms with Crippen molar-refractivity contribution in [3.8, 4) is 0 Å². The van der Waals surface area contributed by atoms with Gasteiger partial charge < -0.3 is 17.4 Å². The predicted molar refractivity (Wildman–Crippen MR) is 48.0 cm³/mol. The van der Waals surface area contributed by atoms with Crippen molar-refractivity contribution in [3.05, 3.63) is 29.6 Å². The molecule has 0 heterocycles. The molecular weight excluding hydrogens is 214 g/mol. The summed E-state index contributed by atoms with van der Waals surface area (Å²) in [6.45, 7) is 1.89. The van der Waals surface area contributed by atoms with Crippen LogP contribution in [0.4, 0.5) is 4.39 Å². The zero-order valence-electron chi connectivity index (χ0n) is 8.04. The average Bonchev–Trinajstić information content (AvgIpc) is 2.04. The summed E-state index contributed by atoms with van der Waals surface area (Å²) < 4.78 is 17.7. The Labute approximate surface area is 110 Å². The summed E-state index contributed by atoms with van der Waals surface area (Å²) in [5.41, 5.74) is -0.0737. The molecule has 0 N–H and O–H groups in total. The molecular formula is C9H8FNaO2S. The molecule has 0 atom stereocenters. The Kier molecular flexibility index (Phi) is 6.27. The Morgan fingerprint density at radius 1 is 1.57 bits per heavy atom. The van der Waals surface area contributed by atoms with E-state index in [1.807, 2.05) is 0 Å². The molecule has 14 heavy (non-hydrogen) atoms. The van der Waals surface area contributed by atoms with Gasteiger partial charge in [0.2, 0.25) is 0 Å². The van der Waals surface area contributed by atoms with E-state index in [9.17, 15) is 9.18 Å². The van der Waals surface area contributed by atoms with E-state index in [4.69, 9.17) is 12.6 Å². The molecule has 0 unspecified atom stereocenters. The van der Waals surface area contributed by atoms with Gasteiger partial charge >= 0.3 is 35.5 Å². The molecule has 0 aromatic heterocycles. The Balaban J connectivity index is 0.00000169. The van der Waals surface area contributed by atoms with Crippen LogP contribution in [0.5, 0.6) is 0 Å². The van der Waals surface area contributed by atoms with Crippen molar-refractivity contribution in [2.45, 2.75) is 11.8 Å². The molecule has 0 spiro atoms. The van der Waals surface area contributed by atoms with E-state index in [1.165, 1.54) is 12.1 Å². The first kappa shape index (κ1) is 13.8. The molecule has 0 amide bonds. The maximum Gasteiger partial charge on any atom is 1.00 e. The third-order valence-corrected chi connectivity index (χ3v) is 1.69. The minimum Gasteiger partial charge on any atom is -0.780 e. The first-order valence-corrected chi connectivity index (χ1v) is 4.19. The van der Waals surface area contributed by atoms with Gasteiger partial charge in [0.1, 0.15) is 5.82 Å². The Morgan fingerprint density at radius 3 is 2.71 bits per heavy atom. The molecule has 0 saturated heterocycles. The smallest absolute Gasteiger partial charge is 0.780 e. The van der Waals surface area contributed by atoms with Gasteiger partial charge in [-0.2, -0.15) is 4.90 Å². The van der Waals surface area contributed by atoms with E-state index < -0.39 is 11.8 Å². The first-order valence-electron chi connectivity index (χ1n) is 3.79. The van der Waals surface area contributed by atoms with Crippen LogP contribution in [0.2, 0.25) is 0 Å². The fourth-order valence-electron chi connectivity index (χ4n) is 0.870. The maximum atomic E-state index is 13.1. The van der Waals surface area contributed by atoms with Gasteiger partial charge in [-0.25, -0.2) is 9.18 Å². The minimum atomic E-state index is -0.657. The fourth-order valence-corrected chi connectivity index (χ4v) is 1.04.